The Morgan fingerprint density at radius 1 is 1.11 bits per heavy atom. The van der Waals surface area contributed by atoms with Crippen LogP contribution in [0.1, 0.15) is 34.8 Å². The maximum Gasteiger partial charge on any atom is 0.335 e. The molecule has 0 spiro atoms. The molecule has 0 aliphatic rings. The zero-order chi connectivity index (χ0) is 19.9. The van der Waals surface area contributed by atoms with Crippen LogP contribution in [-0.2, 0) is 22.5 Å². The van der Waals surface area contributed by atoms with Gasteiger partial charge in [0.15, 0.2) is 0 Å². The molecule has 3 rings (SSSR count). The van der Waals surface area contributed by atoms with Crippen LogP contribution in [0.4, 0.5) is 0 Å². The van der Waals surface area contributed by atoms with Gasteiger partial charge in [-0.25, -0.2) is 4.79 Å². The average molecular weight is 378 g/mol. The van der Waals surface area contributed by atoms with Gasteiger partial charge >= 0.3 is 11.9 Å². The fraction of sp³-hybridized carbons (Fsp3) is 0.227. The van der Waals surface area contributed by atoms with Gasteiger partial charge in [0.2, 0.25) is 0 Å². The van der Waals surface area contributed by atoms with E-state index in [0.717, 1.165) is 22.4 Å². The SMILES string of the molecule is CCOC(=O)CCc1cn(Cc2cccc(C(=O)O)c2)nc1-c1ccccc1. The monoisotopic (exact) mass is 378 g/mol. The molecule has 0 saturated heterocycles. The fourth-order valence-electron chi connectivity index (χ4n) is 3.03. The van der Waals surface area contributed by atoms with Gasteiger partial charge in [-0.3, -0.25) is 9.48 Å². The number of benzene rings is 2. The normalized spacial score (nSPS) is 10.6. The van der Waals surface area contributed by atoms with Crippen LogP contribution >= 0.6 is 0 Å². The van der Waals surface area contributed by atoms with E-state index in [9.17, 15) is 14.7 Å². The molecule has 2 aromatic carbocycles. The zero-order valence-electron chi connectivity index (χ0n) is 15.7. The summed E-state index contributed by atoms with van der Waals surface area (Å²) in [5.41, 5.74) is 3.83. The maximum atomic E-state index is 11.8. The number of carbonyl (C=O) groups is 2. The number of aromatic carboxylic acids is 1. The molecule has 1 N–H and O–H groups in total. The van der Waals surface area contributed by atoms with E-state index in [4.69, 9.17) is 9.84 Å². The number of hydrogen-bond donors (Lipinski definition) is 1. The van der Waals surface area contributed by atoms with E-state index in [0.29, 0.717) is 19.6 Å². The first-order valence-electron chi connectivity index (χ1n) is 9.16. The van der Waals surface area contributed by atoms with Crippen molar-refractivity contribution in [2.75, 3.05) is 6.61 Å². The molecule has 1 aromatic heterocycles. The second-order valence-electron chi connectivity index (χ2n) is 6.38. The van der Waals surface area contributed by atoms with Gasteiger partial charge in [0.05, 0.1) is 24.4 Å². The predicted molar refractivity (Wildman–Crippen MR) is 105 cm³/mol. The summed E-state index contributed by atoms with van der Waals surface area (Å²) in [5, 5.41) is 13.9. The van der Waals surface area contributed by atoms with Crippen LogP contribution in [0.5, 0.6) is 0 Å². The summed E-state index contributed by atoms with van der Waals surface area (Å²) in [4.78, 5) is 22.9. The summed E-state index contributed by atoms with van der Waals surface area (Å²) in [7, 11) is 0. The Kier molecular flexibility index (Phi) is 6.22. The third kappa shape index (κ3) is 4.85. The van der Waals surface area contributed by atoms with Gasteiger partial charge < -0.3 is 9.84 Å². The second-order valence-corrected chi connectivity index (χ2v) is 6.38. The fourth-order valence-corrected chi connectivity index (χ4v) is 3.03. The molecule has 28 heavy (non-hydrogen) atoms. The third-order valence-electron chi connectivity index (χ3n) is 4.31. The predicted octanol–water partition coefficient (Wildman–Crippen LogP) is 3.79. The quantitative estimate of drug-likeness (QED) is 0.603. The van der Waals surface area contributed by atoms with Gasteiger partial charge in [-0.05, 0) is 36.6 Å². The van der Waals surface area contributed by atoms with Crippen LogP contribution in [-0.4, -0.2) is 33.4 Å². The first kappa shape index (κ1) is 19.4. The van der Waals surface area contributed by atoms with Crippen molar-refractivity contribution in [2.24, 2.45) is 0 Å². The number of aromatic nitrogens is 2. The maximum absolute atomic E-state index is 11.8. The molecule has 1 heterocycles. The molecule has 144 valence electrons. The van der Waals surface area contributed by atoms with E-state index in [1.54, 1.807) is 29.8 Å². The van der Waals surface area contributed by atoms with Crippen LogP contribution in [0.25, 0.3) is 11.3 Å². The van der Waals surface area contributed by atoms with E-state index in [1.807, 2.05) is 42.6 Å². The lowest BCUT2D eigenvalue weighted by Gasteiger charge is -2.03. The summed E-state index contributed by atoms with van der Waals surface area (Å²) >= 11 is 0. The van der Waals surface area contributed by atoms with Crippen LogP contribution < -0.4 is 0 Å². The van der Waals surface area contributed by atoms with E-state index >= 15 is 0 Å². The molecular weight excluding hydrogens is 356 g/mol. The Balaban J connectivity index is 1.87. The van der Waals surface area contributed by atoms with E-state index in [1.165, 1.54) is 0 Å². The highest BCUT2D eigenvalue weighted by molar-refractivity contribution is 5.87. The van der Waals surface area contributed by atoms with E-state index in [2.05, 4.69) is 0 Å². The molecule has 3 aromatic rings. The number of aryl methyl sites for hydroxylation is 1. The number of carboxylic acid groups (broad SMARTS) is 1. The first-order chi connectivity index (χ1) is 13.6. The van der Waals surface area contributed by atoms with Crippen molar-refractivity contribution < 1.29 is 19.4 Å². The van der Waals surface area contributed by atoms with Crippen LogP contribution in [0, 0.1) is 0 Å². The van der Waals surface area contributed by atoms with Crippen LogP contribution in [0.2, 0.25) is 0 Å². The van der Waals surface area contributed by atoms with Crippen LogP contribution in [0.15, 0.2) is 60.8 Å². The highest BCUT2D eigenvalue weighted by Gasteiger charge is 2.14. The number of carbonyl (C=O) groups excluding carboxylic acids is 1. The van der Waals surface area contributed by atoms with Crippen molar-refractivity contribution in [3.8, 4) is 11.3 Å². The molecule has 0 aliphatic heterocycles. The zero-order valence-corrected chi connectivity index (χ0v) is 15.7. The van der Waals surface area contributed by atoms with Crippen molar-refractivity contribution in [2.45, 2.75) is 26.3 Å². The molecule has 0 aliphatic carbocycles. The van der Waals surface area contributed by atoms with Gasteiger partial charge in [0.1, 0.15) is 0 Å². The Morgan fingerprint density at radius 3 is 2.61 bits per heavy atom. The minimum Gasteiger partial charge on any atom is -0.478 e. The number of nitrogens with zero attached hydrogens (tertiary/aromatic N) is 2. The van der Waals surface area contributed by atoms with Crippen LogP contribution in [0.3, 0.4) is 0 Å². The molecule has 0 amide bonds. The molecule has 0 fully saturated rings. The van der Waals surface area contributed by atoms with Crippen molar-refractivity contribution in [1.82, 2.24) is 9.78 Å². The Bertz CT molecular complexity index is 964. The molecule has 0 radical (unpaired) electrons. The average Bonchev–Trinajstić information content (AvgIpc) is 3.10. The summed E-state index contributed by atoms with van der Waals surface area (Å²) < 4.78 is 6.81. The number of hydrogen-bond acceptors (Lipinski definition) is 4. The summed E-state index contributed by atoms with van der Waals surface area (Å²) in [6.07, 6.45) is 2.72. The van der Waals surface area contributed by atoms with E-state index < -0.39 is 5.97 Å². The lowest BCUT2D eigenvalue weighted by atomic mass is 10.0. The largest absolute Gasteiger partial charge is 0.478 e. The molecule has 0 atom stereocenters. The molecule has 0 unspecified atom stereocenters. The number of ether oxygens (including phenoxy) is 1. The number of rotatable bonds is 8. The molecule has 6 nitrogen and oxygen atoms in total. The highest BCUT2D eigenvalue weighted by Crippen LogP contribution is 2.24. The Morgan fingerprint density at radius 2 is 1.89 bits per heavy atom. The summed E-state index contributed by atoms with van der Waals surface area (Å²) in [5.74, 6) is -1.19. The van der Waals surface area contributed by atoms with Crippen molar-refractivity contribution in [3.05, 3.63) is 77.5 Å². The highest BCUT2D eigenvalue weighted by atomic mass is 16.5. The first-order valence-corrected chi connectivity index (χ1v) is 9.16. The van der Waals surface area contributed by atoms with Crippen molar-refractivity contribution in [3.63, 3.8) is 0 Å². The minimum absolute atomic E-state index is 0.233. The molecular formula is C22H22N2O4. The third-order valence-corrected chi connectivity index (χ3v) is 4.31. The minimum atomic E-state index is -0.956. The Hall–Kier alpha value is -3.41. The lowest BCUT2D eigenvalue weighted by molar-refractivity contribution is -0.143. The van der Waals surface area contributed by atoms with Gasteiger partial charge in [0.25, 0.3) is 0 Å². The number of esters is 1. The standard InChI is InChI=1S/C22H22N2O4/c1-2-28-20(25)12-11-19-15-24(23-21(19)17-8-4-3-5-9-17)14-16-7-6-10-18(13-16)22(26)27/h3-10,13,15H,2,11-12,14H2,1H3,(H,26,27). The number of carboxylic acids is 1. The van der Waals surface area contributed by atoms with Gasteiger partial charge in [0, 0.05) is 18.2 Å². The summed E-state index contributed by atoms with van der Waals surface area (Å²) in [6.45, 7) is 2.60. The smallest absolute Gasteiger partial charge is 0.335 e. The molecule has 6 heteroatoms. The summed E-state index contributed by atoms with van der Waals surface area (Å²) in [6, 6.07) is 16.6. The topological polar surface area (TPSA) is 81.4 Å². The van der Waals surface area contributed by atoms with Gasteiger partial charge in [-0.15, -0.1) is 0 Å². The van der Waals surface area contributed by atoms with E-state index in [-0.39, 0.29) is 18.0 Å². The second kappa shape index (κ2) is 8.99. The Labute approximate surface area is 163 Å². The van der Waals surface area contributed by atoms with Crippen molar-refractivity contribution >= 4 is 11.9 Å². The van der Waals surface area contributed by atoms with Gasteiger partial charge in [-0.1, -0.05) is 42.5 Å². The molecule has 0 saturated carbocycles. The lowest BCUT2D eigenvalue weighted by Crippen LogP contribution is -2.05. The molecule has 0 bridgehead atoms. The van der Waals surface area contributed by atoms with Gasteiger partial charge in [-0.2, -0.15) is 5.10 Å². The van der Waals surface area contributed by atoms with Crippen molar-refractivity contribution in [1.29, 1.82) is 0 Å².